The van der Waals surface area contributed by atoms with E-state index in [2.05, 4.69) is 37.5 Å². The number of halogens is 1. The molecule has 1 aromatic carbocycles. The maximum atomic E-state index is 11.2. The first kappa shape index (κ1) is 13.5. The summed E-state index contributed by atoms with van der Waals surface area (Å²) in [6.07, 6.45) is 3.18. The van der Waals surface area contributed by atoms with E-state index in [-0.39, 0.29) is 5.92 Å². The van der Waals surface area contributed by atoms with Crippen LogP contribution in [0.3, 0.4) is 0 Å². The van der Waals surface area contributed by atoms with Crippen molar-refractivity contribution in [2.45, 2.75) is 12.8 Å². The van der Waals surface area contributed by atoms with Gasteiger partial charge in [-0.1, -0.05) is 6.07 Å². The van der Waals surface area contributed by atoms with Crippen LogP contribution in [0.5, 0.6) is 0 Å². The van der Waals surface area contributed by atoms with E-state index in [4.69, 9.17) is 0 Å². The third-order valence-corrected chi connectivity index (χ3v) is 4.56. The van der Waals surface area contributed by atoms with Crippen LogP contribution in [-0.4, -0.2) is 34.1 Å². The Hall–Kier alpha value is -1.44. The van der Waals surface area contributed by atoms with Gasteiger partial charge in [-0.25, -0.2) is 9.97 Å². The summed E-state index contributed by atoms with van der Waals surface area (Å²) in [6.45, 7) is 1.37. The molecule has 5 nitrogen and oxygen atoms in total. The van der Waals surface area contributed by atoms with Gasteiger partial charge >= 0.3 is 5.97 Å². The van der Waals surface area contributed by atoms with Crippen LogP contribution in [0.25, 0.3) is 10.9 Å². The molecule has 1 unspecified atom stereocenters. The van der Waals surface area contributed by atoms with Gasteiger partial charge < -0.3 is 10.0 Å². The number of fused-ring (bicyclic) bond motifs is 1. The minimum absolute atomic E-state index is 0.310. The van der Waals surface area contributed by atoms with E-state index in [0.29, 0.717) is 6.54 Å². The Morgan fingerprint density at radius 3 is 3.05 bits per heavy atom. The van der Waals surface area contributed by atoms with Gasteiger partial charge in [0.05, 0.1) is 16.8 Å². The minimum Gasteiger partial charge on any atom is -0.481 e. The van der Waals surface area contributed by atoms with Crippen molar-refractivity contribution in [1.29, 1.82) is 0 Å². The number of carboxylic acids is 1. The molecule has 1 aliphatic heterocycles. The number of benzene rings is 1. The molecule has 1 saturated heterocycles. The average Bonchev–Trinajstić information content (AvgIpc) is 2.47. The zero-order chi connectivity index (χ0) is 14.1. The summed E-state index contributed by atoms with van der Waals surface area (Å²) in [5.74, 6) is -0.177. The molecule has 2 aromatic rings. The van der Waals surface area contributed by atoms with Gasteiger partial charge in [0.15, 0.2) is 0 Å². The number of aromatic nitrogens is 2. The third kappa shape index (κ3) is 2.44. The Kier molecular flexibility index (Phi) is 3.73. The number of rotatable bonds is 2. The Balaban J connectivity index is 2.03. The number of carbonyl (C=O) groups is 1. The van der Waals surface area contributed by atoms with E-state index in [9.17, 15) is 9.90 Å². The smallest absolute Gasteiger partial charge is 0.308 e. The highest BCUT2D eigenvalue weighted by atomic mass is 127. The largest absolute Gasteiger partial charge is 0.481 e. The normalized spacial score (nSPS) is 19.2. The first-order chi connectivity index (χ1) is 9.66. The first-order valence-corrected chi connectivity index (χ1v) is 7.61. The van der Waals surface area contributed by atoms with Crippen molar-refractivity contribution in [3.8, 4) is 0 Å². The quantitative estimate of drug-likeness (QED) is 0.808. The second-order valence-electron chi connectivity index (χ2n) is 4.95. The van der Waals surface area contributed by atoms with Gasteiger partial charge in [-0.3, -0.25) is 4.79 Å². The summed E-state index contributed by atoms with van der Waals surface area (Å²) in [5, 5.41) is 10.2. The molecule has 20 heavy (non-hydrogen) atoms. The number of anilines is 1. The Morgan fingerprint density at radius 2 is 2.25 bits per heavy atom. The molecule has 2 heterocycles. The van der Waals surface area contributed by atoms with Crippen molar-refractivity contribution in [2.24, 2.45) is 5.92 Å². The Morgan fingerprint density at radius 1 is 1.40 bits per heavy atom. The molecule has 6 heteroatoms. The van der Waals surface area contributed by atoms with Crippen LogP contribution >= 0.6 is 22.6 Å². The standard InChI is InChI=1S/C14H14IN3O2/c15-10-4-1-5-11-12(10)13(17-8-16-11)18-6-2-3-9(7-18)14(19)20/h1,4-5,8-9H,2-3,6-7H2,(H,19,20). The summed E-state index contributed by atoms with van der Waals surface area (Å²) < 4.78 is 1.09. The van der Waals surface area contributed by atoms with Gasteiger partial charge in [-0.2, -0.15) is 0 Å². The van der Waals surface area contributed by atoms with Gasteiger partial charge in [0.1, 0.15) is 12.1 Å². The van der Waals surface area contributed by atoms with Gasteiger partial charge in [-0.05, 0) is 47.6 Å². The lowest BCUT2D eigenvalue weighted by molar-refractivity contribution is -0.141. The second kappa shape index (κ2) is 5.51. The number of aliphatic carboxylic acids is 1. The Labute approximate surface area is 130 Å². The van der Waals surface area contributed by atoms with Crippen molar-refractivity contribution in [3.63, 3.8) is 0 Å². The fourth-order valence-electron chi connectivity index (χ4n) is 2.66. The van der Waals surface area contributed by atoms with Crippen LogP contribution < -0.4 is 4.90 Å². The van der Waals surface area contributed by atoms with Crippen molar-refractivity contribution in [3.05, 3.63) is 28.1 Å². The molecule has 3 rings (SSSR count). The molecule has 0 saturated carbocycles. The first-order valence-electron chi connectivity index (χ1n) is 6.54. The SMILES string of the molecule is O=C(O)C1CCCN(c2ncnc3cccc(I)c23)C1. The predicted octanol–water partition coefficient (Wildman–Crippen LogP) is 2.54. The van der Waals surface area contributed by atoms with Crippen molar-refractivity contribution >= 4 is 45.3 Å². The Bertz CT molecular complexity index is 657. The predicted molar refractivity (Wildman–Crippen MR) is 84.8 cm³/mol. The molecule has 104 valence electrons. The molecule has 0 bridgehead atoms. The number of hydrogen-bond acceptors (Lipinski definition) is 4. The molecule has 1 atom stereocenters. The lowest BCUT2D eigenvalue weighted by atomic mass is 9.98. The van der Waals surface area contributed by atoms with Crippen molar-refractivity contribution in [2.75, 3.05) is 18.0 Å². The van der Waals surface area contributed by atoms with Crippen LogP contribution in [0.1, 0.15) is 12.8 Å². The van der Waals surface area contributed by atoms with E-state index >= 15 is 0 Å². The zero-order valence-electron chi connectivity index (χ0n) is 10.8. The number of nitrogens with zero attached hydrogens (tertiary/aromatic N) is 3. The molecular formula is C14H14IN3O2. The molecular weight excluding hydrogens is 369 g/mol. The molecule has 1 N–H and O–H groups in total. The van der Waals surface area contributed by atoms with Crippen molar-refractivity contribution in [1.82, 2.24) is 9.97 Å². The highest BCUT2D eigenvalue weighted by molar-refractivity contribution is 14.1. The summed E-state index contributed by atoms with van der Waals surface area (Å²) in [6, 6.07) is 5.95. The number of hydrogen-bond donors (Lipinski definition) is 1. The maximum Gasteiger partial charge on any atom is 0.308 e. The summed E-state index contributed by atoms with van der Waals surface area (Å²) in [4.78, 5) is 22.0. The van der Waals surface area contributed by atoms with E-state index in [0.717, 1.165) is 39.7 Å². The van der Waals surface area contributed by atoms with E-state index in [1.54, 1.807) is 6.33 Å². The number of carboxylic acid groups (broad SMARTS) is 1. The third-order valence-electron chi connectivity index (χ3n) is 3.66. The van der Waals surface area contributed by atoms with Crippen LogP contribution in [0.4, 0.5) is 5.82 Å². The maximum absolute atomic E-state index is 11.2. The monoisotopic (exact) mass is 383 g/mol. The van der Waals surface area contributed by atoms with Crippen LogP contribution in [0, 0.1) is 9.49 Å². The van der Waals surface area contributed by atoms with Crippen molar-refractivity contribution < 1.29 is 9.90 Å². The summed E-state index contributed by atoms with van der Waals surface area (Å²) in [5.41, 5.74) is 0.902. The fraction of sp³-hybridized carbons (Fsp3) is 0.357. The zero-order valence-corrected chi connectivity index (χ0v) is 12.9. The van der Waals surface area contributed by atoms with Gasteiger partial charge in [0.2, 0.25) is 0 Å². The average molecular weight is 383 g/mol. The molecule has 0 amide bonds. The van der Waals surface area contributed by atoms with E-state index < -0.39 is 5.97 Å². The van der Waals surface area contributed by atoms with Gasteiger partial charge in [0.25, 0.3) is 0 Å². The van der Waals surface area contributed by atoms with Crippen LogP contribution in [0.15, 0.2) is 24.5 Å². The molecule has 0 aliphatic carbocycles. The lowest BCUT2D eigenvalue weighted by Crippen LogP contribution is -2.39. The molecule has 0 spiro atoms. The van der Waals surface area contributed by atoms with Crippen LogP contribution in [0.2, 0.25) is 0 Å². The molecule has 1 aromatic heterocycles. The lowest BCUT2D eigenvalue weighted by Gasteiger charge is -2.32. The van der Waals surface area contributed by atoms with Gasteiger partial charge in [-0.15, -0.1) is 0 Å². The molecule has 0 radical (unpaired) electrons. The van der Waals surface area contributed by atoms with Crippen LogP contribution in [-0.2, 0) is 4.79 Å². The topological polar surface area (TPSA) is 66.3 Å². The molecule has 1 fully saturated rings. The summed E-state index contributed by atoms with van der Waals surface area (Å²) >= 11 is 2.28. The minimum atomic E-state index is -0.720. The fourth-order valence-corrected chi connectivity index (χ4v) is 3.39. The highest BCUT2D eigenvalue weighted by Gasteiger charge is 2.27. The van der Waals surface area contributed by atoms with E-state index in [1.807, 2.05) is 18.2 Å². The summed E-state index contributed by atoms with van der Waals surface area (Å²) in [7, 11) is 0. The molecule has 1 aliphatic rings. The van der Waals surface area contributed by atoms with Gasteiger partial charge in [0, 0.05) is 16.7 Å². The van der Waals surface area contributed by atoms with E-state index in [1.165, 1.54) is 0 Å². The highest BCUT2D eigenvalue weighted by Crippen LogP contribution is 2.30. The number of piperidine rings is 1. The second-order valence-corrected chi connectivity index (χ2v) is 6.12.